The second-order valence-electron chi connectivity index (χ2n) is 6.45. The maximum absolute atomic E-state index is 4.78. The van der Waals surface area contributed by atoms with Crippen molar-refractivity contribution in [2.24, 2.45) is 0 Å². The molecule has 2 fully saturated rings. The molecule has 0 spiro atoms. The van der Waals surface area contributed by atoms with Crippen LogP contribution in [0.4, 0.5) is 0 Å². The van der Waals surface area contributed by atoms with Gasteiger partial charge in [-0.25, -0.2) is 4.98 Å². The molecule has 0 amide bonds. The lowest BCUT2D eigenvalue weighted by Crippen LogP contribution is -2.43. The van der Waals surface area contributed by atoms with Gasteiger partial charge in [-0.15, -0.1) is 11.3 Å². The molecule has 4 rings (SSSR count). The molecule has 1 atom stereocenters. The van der Waals surface area contributed by atoms with E-state index in [-0.39, 0.29) is 0 Å². The molecule has 21 heavy (non-hydrogen) atoms. The van der Waals surface area contributed by atoms with Gasteiger partial charge in [0, 0.05) is 12.1 Å². The van der Waals surface area contributed by atoms with Crippen LogP contribution in [0.5, 0.6) is 0 Å². The first kappa shape index (κ1) is 13.7. The van der Waals surface area contributed by atoms with Gasteiger partial charge in [-0.2, -0.15) is 0 Å². The summed E-state index contributed by atoms with van der Waals surface area (Å²) in [5.74, 6) is 0. The van der Waals surface area contributed by atoms with Crippen molar-refractivity contribution in [3.8, 4) is 0 Å². The van der Waals surface area contributed by atoms with Gasteiger partial charge in [0.15, 0.2) is 0 Å². The molecule has 2 aliphatic rings. The average Bonchev–Trinajstić information content (AvgIpc) is 3.26. The Morgan fingerprint density at radius 1 is 1.19 bits per heavy atom. The molecule has 1 aromatic carbocycles. The molecule has 1 unspecified atom stereocenters. The van der Waals surface area contributed by atoms with Crippen LogP contribution in [0.3, 0.4) is 0 Å². The minimum atomic E-state index is 0.361. The van der Waals surface area contributed by atoms with Crippen molar-refractivity contribution in [2.45, 2.75) is 50.7 Å². The second kappa shape index (κ2) is 5.67. The molecule has 2 heterocycles. The second-order valence-corrected chi connectivity index (χ2v) is 7.51. The van der Waals surface area contributed by atoms with Gasteiger partial charge in [-0.05, 0) is 57.8 Å². The van der Waals surface area contributed by atoms with E-state index in [9.17, 15) is 0 Å². The van der Waals surface area contributed by atoms with Gasteiger partial charge in [0.05, 0.1) is 16.3 Å². The lowest BCUT2D eigenvalue weighted by molar-refractivity contribution is 0.184. The maximum atomic E-state index is 4.78. The topological polar surface area (TPSA) is 28.2 Å². The molecular weight excluding hydrogens is 278 g/mol. The van der Waals surface area contributed by atoms with E-state index in [4.69, 9.17) is 4.98 Å². The first-order valence-electron chi connectivity index (χ1n) is 8.15. The number of nitrogens with zero attached hydrogens (tertiary/aromatic N) is 2. The van der Waals surface area contributed by atoms with Gasteiger partial charge < -0.3 is 10.2 Å². The van der Waals surface area contributed by atoms with Crippen LogP contribution in [0.1, 0.15) is 43.7 Å². The highest BCUT2D eigenvalue weighted by Gasteiger charge is 2.32. The number of thiazole rings is 1. The summed E-state index contributed by atoms with van der Waals surface area (Å²) in [6, 6.07) is 10.4. The summed E-state index contributed by atoms with van der Waals surface area (Å²) in [5.41, 5.74) is 1.13. The first-order chi connectivity index (χ1) is 10.3. The average molecular weight is 301 g/mol. The minimum Gasteiger partial charge on any atom is -0.305 e. The lowest BCUT2D eigenvalue weighted by Gasteiger charge is -2.33. The molecule has 1 saturated heterocycles. The summed E-state index contributed by atoms with van der Waals surface area (Å²) >= 11 is 1.83. The van der Waals surface area contributed by atoms with Crippen molar-refractivity contribution < 1.29 is 0 Å². The Hall–Kier alpha value is -0.970. The van der Waals surface area contributed by atoms with E-state index >= 15 is 0 Å². The van der Waals surface area contributed by atoms with E-state index in [1.165, 1.54) is 48.5 Å². The molecule has 0 bridgehead atoms. The SMILES string of the molecule is CC(NC1CCN(C2CC2)CC1)c1nc2ccccc2s1. The summed E-state index contributed by atoms with van der Waals surface area (Å²) in [6.07, 6.45) is 5.43. The monoisotopic (exact) mass is 301 g/mol. The number of hydrogen-bond acceptors (Lipinski definition) is 4. The number of hydrogen-bond donors (Lipinski definition) is 1. The fraction of sp³-hybridized carbons (Fsp3) is 0.588. The van der Waals surface area contributed by atoms with Crippen molar-refractivity contribution in [3.05, 3.63) is 29.3 Å². The largest absolute Gasteiger partial charge is 0.305 e. The molecule has 4 heteroatoms. The predicted molar refractivity (Wildman–Crippen MR) is 88.8 cm³/mol. The highest BCUT2D eigenvalue weighted by molar-refractivity contribution is 7.18. The Bertz CT molecular complexity index is 578. The maximum Gasteiger partial charge on any atom is 0.111 e. The number of aromatic nitrogens is 1. The van der Waals surface area contributed by atoms with E-state index in [1.54, 1.807) is 0 Å². The first-order valence-corrected chi connectivity index (χ1v) is 8.97. The molecular formula is C17H23N3S. The molecule has 3 nitrogen and oxygen atoms in total. The van der Waals surface area contributed by atoms with Crippen molar-refractivity contribution in [2.75, 3.05) is 13.1 Å². The summed E-state index contributed by atoms with van der Waals surface area (Å²) in [6.45, 7) is 4.80. The lowest BCUT2D eigenvalue weighted by atomic mass is 10.0. The van der Waals surface area contributed by atoms with Crippen LogP contribution in [-0.4, -0.2) is 35.1 Å². The fourth-order valence-corrected chi connectivity index (χ4v) is 4.35. The van der Waals surface area contributed by atoms with Crippen LogP contribution in [0, 0.1) is 0 Å². The summed E-state index contributed by atoms with van der Waals surface area (Å²) < 4.78 is 1.30. The van der Waals surface area contributed by atoms with Gasteiger partial charge in [0.2, 0.25) is 0 Å². The van der Waals surface area contributed by atoms with Crippen LogP contribution in [-0.2, 0) is 0 Å². The van der Waals surface area contributed by atoms with Crippen molar-refractivity contribution in [3.63, 3.8) is 0 Å². The minimum absolute atomic E-state index is 0.361. The van der Waals surface area contributed by atoms with Crippen LogP contribution in [0.15, 0.2) is 24.3 Å². The van der Waals surface area contributed by atoms with Crippen molar-refractivity contribution in [1.82, 2.24) is 15.2 Å². The molecule has 1 aromatic heterocycles. The highest BCUT2D eigenvalue weighted by atomic mass is 32.1. The highest BCUT2D eigenvalue weighted by Crippen LogP contribution is 2.30. The Labute approximate surface area is 130 Å². The summed E-state index contributed by atoms with van der Waals surface area (Å²) in [5, 5.41) is 5.02. The van der Waals surface area contributed by atoms with Crippen molar-refractivity contribution >= 4 is 21.6 Å². The summed E-state index contributed by atoms with van der Waals surface area (Å²) in [7, 11) is 0. The number of rotatable bonds is 4. The molecule has 2 aromatic rings. The van der Waals surface area contributed by atoms with E-state index in [1.807, 2.05) is 11.3 Å². The quantitative estimate of drug-likeness (QED) is 0.935. The summed E-state index contributed by atoms with van der Waals surface area (Å²) in [4.78, 5) is 7.46. The molecule has 1 aliphatic heterocycles. The van der Waals surface area contributed by atoms with Crippen LogP contribution < -0.4 is 5.32 Å². The zero-order chi connectivity index (χ0) is 14.2. The Kier molecular flexibility index (Phi) is 3.69. The van der Waals surface area contributed by atoms with Gasteiger partial charge in [-0.1, -0.05) is 12.1 Å². The predicted octanol–water partition coefficient (Wildman–Crippen LogP) is 3.57. The van der Waals surface area contributed by atoms with Crippen LogP contribution in [0.25, 0.3) is 10.2 Å². The standard InChI is InChI=1S/C17H23N3S/c1-12(17-19-15-4-2-3-5-16(15)21-17)18-13-8-10-20(11-9-13)14-6-7-14/h2-5,12-14,18H,6-11H2,1H3. The molecule has 1 N–H and O–H groups in total. The number of para-hydroxylation sites is 1. The number of piperidine rings is 1. The number of likely N-dealkylation sites (tertiary alicyclic amines) is 1. The van der Waals surface area contributed by atoms with Gasteiger partial charge in [0.25, 0.3) is 0 Å². The normalized spacial score (nSPS) is 22.7. The molecule has 112 valence electrons. The molecule has 1 aliphatic carbocycles. The Morgan fingerprint density at radius 2 is 1.95 bits per heavy atom. The number of nitrogens with one attached hydrogen (secondary N) is 1. The van der Waals surface area contributed by atoms with Gasteiger partial charge in [0.1, 0.15) is 5.01 Å². The molecule has 0 radical (unpaired) electrons. The number of fused-ring (bicyclic) bond motifs is 1. The Balaban J connectivity index is 1.37. The van der Waals surface area contributed by atoms with Gasteiger partial charge in [-0.3, -0.25) is 0 Å². The smallest absolute Gasteiger partial charge is 0.111 e. The van der Waals surface area contributed by atoms with E-state index in [2.05, 4.69) is 41.4 Å². The fourth-order valence-electron chi connectivity index (χ4n) is 3.37. The third-order valence-electron chi connectivity index (χ3n) is 4.76. The zero-order valence-corrected chi connectivity index (χ0v) is 13.4. The van der Waals surface area contributed by atoms with E-state index in [0.717, 1.165) is 11.6 Å². The van der Waals surface area contributed by atoms with Crippen molar-refractivity contribution in [1.29, 1.82) is 0 Å². The Morgan fingerprint density at radius 3 is 2.67 bits per heavy atom. The molecule has 1 saturated carbocycles. The van der Waals surface area contributed by atoms with E-state index < -0.39 is 0 Å². The van der Waals surface area contributed by atoms with E-state index in [0.29, 0.717) is 12.1 Å². The van der Waals surface area contributed by atoms with Crippen LogP contribution >= 0.6 is 11.3 Å². The van der Waals surface area contributed by atoms with Gasteiger partial charge >= 0.3 is 0 Å². The third kappa shape index (κ3) is 2.98. The zero-order valence-electron chi connectivity index (χ0n) is 12.6. The van der Waals surface area contributed by atoms with Crippen LogP contribution in [0.2, 0.25) is 0 Å². The number of benzene rings is 1. The third-order valence-corrected chi connectivity index (χ3v) is 5.98.